The van der Waals surface area contributed by atoms with Crippen LogP contribution in [0, 0.1) is 6.92 Å². The van der Waals surface area contributed by atoms with Gasteiger partial charge in [-0.15, -0.1) is 0 Å². The summed E-state index contributed by atoms with van der Waals surface area (Å²) in [5.74, 6) is 0. The second kappa shape index (κ2) is 6.31. The molecule has 1 aliphatic rings. The Balaban J connectivity index is 2.12. The van der Waals surface area contributed by atoms with Gasteiger partial charge >= 0.3 is 0 Å². The average molecular weight is 331 g/mol. The lowest BCUT2D eigenvalue weighted by atomic mass is 10.0. The number of para-hydroxylation sites is 1. The Labute approximate surface area is 137 Å². The summed E-state index contributed by atoms with van der Waals surface area (Å²) in [6.07, 6.45) is 0. The van der Waals surface area contributed by atoms with Crippen LogP contribution in [0.5, 0.6) is 0 Å². The molecular formula is C17H21N3O2S. The number of nitrogens with two attached hydrogens (primary N) is 1. The summed E-state index contributed by atoms with van der Waals surface area (Å²) in [5, 5.41) is 8.84. The van der Waals surface area contributed by atoms with E-state index >= 15 is 0 Å². The van der Waals surface area contributed by atoms with E-state index < -0.39 is 10.0 Å². The van der Waals surface area contributed by atoms with Crippen LogP contribution in [0.25, 0.3) is 0 Å². The molecule has 1 saturated heterocycles. The van der Waals surface area contributed by atoms with Gasteiger partial charge in [-0.05, 0) is 24.1 Å². The van der Waals surface area contributed by atoms with Crippen LogP contribution >= 0.6 is 0 Å². The summed E-state index contributed by atoms with van der Waals surface area (Å²) in [4.78, 5) is 2.35. The predicted molar refractivity (Wildman–Crippen MR) is 92.0 cm³/mol. The summed E-state index contributed by atoms with van der Waals surface area (Å²) >= 11 is 0. The van der Waals surface area contributed by atoms with E-state index in [0.717, 1.165) is 30.8 Å². The first-order valence-corrected chi connectivity index (χ1v) is 9.18. The van der Waals surface area contributed by atoms with Gasteiger partial charge in [0.15, 0.2) is 0 Å². The molecule has 122 valence electrons. The number of nitrogens with one attached hydrogen (secondary N) is 1. The van der Waals surface area contributed by atoms with Gasteiger partial charge < -0.3 is 10.2 Å². The number of benzene rings is 2. The zero-order valence-corrected chi connectivity index (χ0v) is 13.9. The van der Waals surface area contributed by atoms with E-state index in [0.29, 0.717) is 5.69 Å². The topological polar surface area (TPSA) is 75.4 Å². The molecule has 0 aliphatic carbocycles. The normalized spacial score (nSPS) is 18.9. The Morgan fingerprint density at radius 2 is 1.87 bits per heavy atom. The molecule has 0 aromatic heterocycles. The third kappa shape index (κ3) is 3.24. The average Bonchev–Trinajstić information content (AvgIpc) is 2.55. The third-order valence-electron chi connectivity index (χ3n) is 4.22. The van der Waals surface area contributed by atoms with E-state index in [-0.39, 0.29) is 10.9 Å². The van der Waals surface area contributed by atoms with Crippen molar-refractivity contribution in [3.63, 3.8) is 0 Å². The second-order valence-corrected chi connectivity index (χ2v) is 7.32. The molecule has 0 amide bonds. The summed E-state index contributed by atoms with van der Waals surface area (Å²) in [7, 11) is -3.77. The van der Waals surface area contributed by atoms with Gasteiger partial charge in [-0.25, -0.2) is 13.6 Å². The Morgan fingerprint density at radius 1 is 1.13 bits per heavy atom. The molecule has 0 spiro atoms. The fourth-order valence-corrected chi connectivity index (χ4v) is 3.99. The minimum atomic E-state index is -3.77. The minimum Gasteiger partial charge on any atom is -0.361 e. The van der Waals surface area contributed by atoms with Gasteiger partial charge in [0.1, 0.15) is 4.90 Å². The zero-order chi connectivity index (χ0) is 16.4. The maximum Gasteiger partial charge on any atom is 0.240 e. The van der Waals surface area contributed by atoms with Crippen LogP contribution < -0.4 is 15.4 Å². The maximum atomic E-state index is 12.0. The number of hydrogen-bond acceptors (Lipinski definition) is 4. The monoisotopic (exact) mass is 331 g/mol. The number of rotatable bonds is 3. The molecule has 6 heteroatoms. The lowest BCUT2D eigenvalue weighted by molar-refractivity contribution is 0.486. The van der Waals surface area contributed by atoms with Crippen molar-refractivity contribution in [2.24, 2.45) is 5.14 Å². The molecule has 3 N–H and O–H groups in total. The molecule has 0 bridgehead atoms. The number of sulfonamides is 1. The van der Waals surface area contributed by atoms with Crippen molar-refractivity contribution >= 4 is 15.7 Å². The molecule has 1 fully saturated rings. The van der Waals surface area contributed by atoms with Crippen molar-refractivity contribution in [2.45, 2.75) is 17.9 Å². The Morgan fingerprint density at radius 3 is 2.57 bits per heavy atom. The largest absolute Gasteiger partial charge is 0.361 e. The van der Waals surface area contributed by atoms with Crippen molar-refractivity contribution in [1.82, 2.24) is 5.32 Å². The molecule has 5 nitrogen and oxygen atoms in total. The Hall–Kier alpha value is -1.89. The van der Waals surface area contributed by atoms with E-state index in [1.54, 1.807) is 12.1 Å². The van der Waals surface area contributed by atoms with Crippen LogP contribution in [0.4, 0.5) is 5.69 Å². The first-order valence-electron chi connectivity index (χ1n) is 7.63. The second-order valence-electron chi connectivity index (χ2n) is 5.79. The quantitative estimate of drug-likeness (QED) is 0.899. The van der Waals surface area contributed by atoms with Gasteiger partial charge in [0.05, 0.1) is 11.7 Å². The van der Waals surface area contributed by atoms with Crippen molar-refractivity contribution in [3.8, 4) is 0 Å². The fraction of sp³-hybridized carbons (Fsp3) is 0.294. The maximum absolute atomic E-state index is 12.0. The molecule has 1 unspecified atom stereocenters. The summed E-state index contributed by atoms with van der Waals surface area (Å²) in [5.41, 5.74) is 2.79. The van der Waals surface area contributed by atoms with Gasteiger partial charge in [-0.1, -0.05) is 42.5 Å². The highest BCUT2D eigenvalue weighted by atomic mass is 32.2. The van der Waals surface area contributed by atoms with Crippen molar-refractivity contribution in [3.05, 3.63) is 59.7 Å². The highest BCUT2D eigenvalue weighted by Crippen LogP contribution is 2.35. The number of nitrogens with zero attached hydrogens (tertiary/aromatic N) is 1. The van der Waals surface area contributed by atoms with Gasteiger partial charge in [-0.3, -0.25) is 0 Å². The van der Waals surface area contributed by atoms with Gasteiger partial charge in [0, 0.05) is 19.6 Å². The zero-order valence-electron chi connectivity index (χ0n) is 13.1. The number of aryl methyl sites for hydroxylation is 1. The molecule has 23 heavy (non-hydrogen) atoms. The molecule has 2 aromatic rings. The van der Waals surface area contributed by atoms with Crippen LogP contribution in [0.15, 0.2) is 53.4 Å². The van der Waals surface area contributed by atoms with Crippen LogP contribution in [0.2, 0.25) is 0 Å². The van der Waals surface area contributed by atoms with Gasteiger partial charge in [-0.2, -0.15) is 0 Å². The minimum absolute atomic E-state index is 0.0755. The smallest absolute Gasteiger partial charge is 0.240 e. The van der Waals surface area contributed by atoms with Crippen LogP contribution in [-0.4, -0.2) is 28.1 Å². The SMILES string of the molecule is Cc1cccc(S(N)(=O)=O)c1N1CCNCC1c1ccccc1. The highest BCUT2D eigenvalue weighted by molar-refractivity contribution is 7.89. The number of primary sulfonamides is 1. The summed E-state index contributed by atoms with van der Waals surface area (Å²) < 4.78 is 24.1. The van der Waals surface area contributed by atoms with Crippen molar-refractivity contribution in [2.75, 3.05) is 24.5 Å². The summed E-state index contributed by atoms with van der Waals surface area (Å²) in [6.45, 7) is 4.23. The number of anilines is 1. The highest BCUT2D eigenvalue weighted by Gasteiger charge is 2.29. The van der Waals surface area contributed by atoms with E-state index in [1.807, 2.05) is 31.2 Å². The molecule has 1 atom stereocenters. The first-order chi connectivity index (χ1) is 11.0. The molecule has 1 aliphatic heterocycles. The van der Waals surface area contributed by atoms with Crippen molar-refractivity contribution < 1.29 is 8.42 Å². The molecule has 0 saturated carbocycles. The van der Waals surface area contributed by atoms with Crippen LogP contribution in [-0.2, 0) is 10.0 Å². The lowest BCUT2D eigenvalue weighted by Gasteiger charge is -2.39. The number of hydrogen-bond donors (Lipinski definition) is 2. The molecular weight excluding hydrogens is 310 g/mol. The Bertz CT molecular complexity index is 791. The van der Waals surface area contributed by atoms with Crippen LogP contribution in [0.1, 0.15) is 17.2 Å². The summed E-state index contributed by atoms with van der Waals surface area (Å²) in [6, 6.07) is 15.4. The predicted octanol–water partition coefficient (Wildman–Crippen LogP) is 1.79. The molecule has 1 heterocycles. The van der Waals surface area contributed by atoms with E-state index in [2.05, 4.69) is 22.3 Å². The molecule has 0 radical (unpaired) electrons. The number of piperazine rings is 1. The lowest BCUT2D eigenvalue weighted by Crippen LogP contribution is -2.47. The van der Waals surface area contributed by atoms with Gasteiger partial charge in [0.2, 0.25) is 10.0 Å². The fourth-order valence-electron chi connectivity index (χ4n) is 3.17. The Kier molecular flexibility index (Phi) is 4.39. The molecule has 3 rings (SSSR count). The van der Waals surface area contributed by atoms with E-state index in [1.165, 1.54) is 0 Å². The van der Waals surface area contributed by atoms with E-state index in [4.69, 9.17) is 5.14 Å². The van der Waals surface area contributed by atoms with E-state index in [9.17, 15) is 8.42 Å². The molecule has 2 aromatic carbocycles. The first kappa shape index (κ1) is 16.0. The standard InChI is InChI=1S/C17H21N3O2S/c1-13-6-5-9-16(23(18,21)22)17(13)20-11-10-19-12-15(20)14-7-3-2-4-8-14/h2-9,15,19H,10-12H2,1H3,(H2,18,21,22). The third-order valence-corrected chi connectivity index (χ3v) is 5.16. The van der Waals surface area contributed by atoms with Crippen LogP contribution in [0.3, 0.4) is 0 Å². The van der Waals surface area contributed by atoms with Gasteiger partial charge in [0.25, 0.3) is 0 Å². The van der Waals surface area contributed by atoms with Crippen molar-refractivity contribution in [1.29, 1.82) is 0 Å².